The molecule has 0 fully saturated rings. The third kappa shape index (κ3) is 2.45. The van der Waals surface area contributed by atoms with Gasteiger partial charge in [0.15, 0.2) is 5.82 Å². The van der Waals surface area contributed by atoms with Crippen LogP contribution in [0.2, 0.25) is 0 Å². The Morgan fingerprint density at radius 3 is 2.89 bits per heavy atom. The predicted molar refractivity (Wildman–Crippen MR) is 61.3 cm³/mol. The van der Waals surface area contributed by atoms with E-state index in [1.807, 2.05) is 18.2 Å². The molecule has 0 unspecified atom stereocenters. The van der Waals surface area contributed by atoms with Crippen LogP contribution in [0.4, 0.5) is 0 Å². The fourth-order valence-corrected chi connectivity index (χ4v) is 1.70. The van der Waals surface area contributed by atoms with Gasteiger partial charge in [-0.3, -0.25) is 4.79 Å². The molecule has 0 bridgehead atoms. The molecule has 7 nitrogen and oxygen atoms in total. The summed E-state index contributed by atoms with van der Waals surface area (Å²) in [6, 6.07) is 7.25. The Morgan fingerprint density at radius 1 is 1.50 bits per heavy atom. The van der Waals surface area contributed by atoms with Crippen molar-refractivity contribution in [1.29, 1.82) is 0 Å². The molecule has 0 aliphatic carbocycles. The highest BCUT2D eigenvalue weighted by atomic mass is 16.5. The molecule has 0 spiro atoms. The summed E-state index contributed by atoms with van der Waals surface area (Å²) >= 11 is 0. The number of hydrogen-bond acceptors (Lipinski definition) is 5. The van der Waals surface area contributed by atoms with Gasteiger partial charge in [-0.25, -0.2) is 0 Å². The zero-order valence-corrected chi connectivity index (χ0v) is 9.70. The first-order valence-corrected chi connectivity index (χ1v) is 5.30. The number of carboxylic acid groups (broad SMARTS) is 1. The number of methoxy groups -OCH3 is 1. The normalized spacial score (nSPS) is 12.1. The summed E-state index contributed by atoms with van der Waals surface area (Å²) in [7, 11) is 1.54. The van der Waals surface area contributed by atoms with E-state index in [0.29, 0.717) is 5.75 Å². The van der Waals surface area contributed by atoms with Gasteiger partial charge in [-0.15, -0.1) is 10.2 Å². The largest absolute Gasteiger partial charge is 0.496 e. The molecule has 0 saturated heterocycles. The molecule has 1 aromatic heterocycles. The summed E-state index contributed by atoms with van der Waals surface area (Å²) in [6.45, 7) is 0. The van der Waals surface area contributed by atoms with Crippen LogP contribution in [0.3, 0.4) is 0 Å². The summed E-state index contributed by atoms with van der Waals surface area (Å²) in [4.78, 5) is 11.2. The smallest absolute Gasteiger partial charge is 0.314 e. The molecule has 0 amide bonds. The van der Waals surface area contributed by atoms with E-state index in [9.17, 15) is 9.90 Å². The molecule has 0 saturated carbocycles. The molecule has 18 heavy (non-hydrogen) atoms. The van der Waals surface area contributed by atoms with Crippen LogP contribution in [0.5, 0.6) is 5.75 Å². The first kappa shape index (κ1) is 12.0. The minimum absolute atomic E-state index is 0.161. The number of ether oxygens (including phenoxy) is 1. The minimum Gasteiger partial charge on any atom is -0.496 e. The number of benzene rings is 1. The Bertz CT molecular complexity index is 527. The molecule has 0 aliphatic heterocycles. The summed E-state index contributed by atoms with van der Waals surface area (Å²) < 4.78 is 5.19. The lowest BCUT2D eigenvalue weighted by molar-refractivity contribution is -0.139. The standard InChI is InChI=1S/C11H12N4O3/c1-18-9-5-3-2-4-7(9)6-8(11(16)17)10-12-14-15-13-10/h2-5,8H,6H2,1H3,(H,16,17)(H,12,13,14,15)/t8-/m0/s1. The van der Waals surface area contributed by atoms with E-state index in [-0.39, 0.29) is 12.2 Å². The summed E-state index contributed by atoms with van der Waals surface area (Å²) in [5.74, 6) is -1.04. The monoisotopic (exact) mass is 248 g/mol. The van der Waals surface area contributed by atoms with Gasteiger partial charge in [0, 0.05) is 0 Å². The molecule has 1 heterocycles. The van der Waals surface area contributed by atoms with E-state index < -0.39 is 11.9 Å². The number of aromatic nitrogens is 4. The lowest BCUT2D eigenvalue weighted by atomic mass is 9.98. The first-order valence-electron chi connectivity index (χ1n) is 5.30. The highest BCUT2D eigenvalue weighted by molar-refractivity contribution is 5.75. The molecule has 2 N–H and O–H groups in total. The van der Waals surface area contributed by atoms with Crippen molar-refractivity contribution in [1.82, 2.24) is 20.6 Å². The number of aromatic amines is 1. The van der Waals surface area contributed by atoms with E-state index in [1.165, 1.54) is 0 Å². The molecule has 0 radical (unpaired) electrons. The second kappa shape index (κ2) is 5.26. The van der Waals surface area contributed by atoms with Gasteiger partial charge in [-0.1, -0.05) is 23.4 Å². The molecule has 1 aromatic carbocycles. The Kier molecular flexibility index (Phi) is 3.52. The van der Waals surface area contributed by atoms with Crippen molar-refractivity contribution in [2.24, 2.45) is 0 Å². The fraction of sp³-hybridized carbons (Fsp3) is 0.273. The van der Waals surface area contributed by atoms with Gasteiger partial charge in [0.25, 0.3) is 0 Å². The predicted octanol–water partition coefficient (Wildman–Crippen LogP) is 0.619. The number of aliphatic carboxylic acids is 1. The molecular weight excluding hydrogens is 236 g/mol. The number of nitrogens with zero attached hydrogens (tertiary/aromatic N) is 3. The van der Waals surface area contributed by atoms with Gasteiger partial charge in [-0.2, -0.15) is 5.21 Å². The zero-order chi connectivity index (χ0) is 13.0. The lowest BCUT2D eigenvalue weighted by Crippen LogP contribution is -2.16. The van der Waals surface area contributed by atoms with E-state index in [1.54, 1.807) is 13.2 Å². The van der Waals surface area contributed by atoms with Crippen molar-refractivity contribution in [3.8, 4) is 5.75 Å². The Hall–Kier alpha value is -2.44. The van der Waals surface area contributed by atoms with Crippen LogP contribution < -0.4 is 4.74 Å². The van der Waals surface area contributed by atoms with Crippen molar-refractivity contribution in [3.05, 3.63) is 35.7 Å². The summed E-state index contributed by atoms with van der Waals surface area (Å²) in [6.07, 6.45) is 0.249. The third-order valence-electron chi connectivity index (χ3n) is 2.59. The summed E-state index contributed by atoms with van der Waals surface area (Å²) in [5, 5.41) is 22.3. The van der Waals surface area contributed by atoms with Gasteiger partial charge in [-0.05, 0) is 18.1 Å². The number of nitrogens with one attached hydrogen (secondary N) is 1. The number of rotatable bonds is 5. The maximum Gasteiger partial charge on any atom is 0.314 e. The highest BCUT2D eigenvalue weighted by Crippen LogP contribution is 2.24. The number of carbonyl (C=O) groups is 1. The summed E-state index contributed by atoms with van der Waals surface area (Å²) in [5.41, 5.74) is 0.789. The van der Waals surface area contributed by atoms with Crippen LogP contribution in [0, 0.1) is 0 Å². The SMILES string of the molecule is COc1ccccc1C[C@H](C(=O)O)c1nn[nH]n1. The van der Waals surface area contributed by atoms with Crippen LogP contribution in [0.25, 0.3) is 0 Å². The van der Waals surface area contributed by atoms with Crippen LogP contribution in [0.15, 0.2) is 24.3 Å². The molecule has 1 atom stereocenters. The van der Waals surface area contributed by atoms with E-state index in [2.05, 4.69) is 20.6 Å². The lowest BCUT2D eigenvalue weighted by Gasteiger charge is -2.11. The van der Waals surface area contributed by atoms with Crippen LogP contribution in [0.1, 0.15) is 17.3 Å². The molecule has 2 aromatic rings. The van der Waals surface area contributed by atoms with E-state index >= 15 is 0 Å². The van der Waals surface area contributed by atoms with Gasteiger partial charge in [0.05, 0.1) is 7.11 Å². The van der Waals surface area contributed by atoms with Crippen molar-refractivity contribution in [3.63, 3.8) is 0 Å². The van der Waals surface area contributed by atoms with Crippen LogP contribution in [-0.2, 0) is 11.2 Å². The number of hydrogen-bond donors (Lipinski definition) is 2. The van der Waals surface area contributed by atoms with E-state index in [4.69, 9.17) is 4.74 Å². The Labute approximate surface area is 103 Å². The van der Waals surface area contributed by atoms with Gasteiger partial charge < -0.3 is 9.84 Å². The molecule has 2 rings (SSSR count). The number of tetrazole rings is 1. The van der Waals surface area contributed by atoms with Gasteiger partial charge >= 0.3 is 5.97 Å². The maximum absolute atomic E-state index is 11.2. The highest BCUT2D eigenvalue weighted by Gasteiger charge is 2.25. The second-order valence-electron chi connectivity index (χ2n) is 3.68. The molecule has 7 heteroatoms. The second-order valence-corrected chi connectivity index (χ2v) is 3.68. The zero-order valence-electron chi connectivity index (χ0n) is 9.70. The quantitative estimate of drug-likeness (QED) is 0.804. The topological polar surface area (TPSA) is 101 Å². The maximum atomic E-state index is 11.2. The fourth-order valence-electron chi connectivity index (χ4n) is 1.70. The van der Waals surface area contributed by atoms with Gasteiger partial charge in [0.1, 0.15) is 11.7 Å². The number of H-pyrrole nitrogens is 1. The van der Waals surface area contributed by atoms with Gasteiger partial charge in [0.2, 0.25) is 0 Å². The van der Waals surface area contributed by atoms with Crippen molar-refractivity contribution in [2.75, 3.05) is 7.11 Å². The van der Waals surface area contributed by atoms with Crippen molar-refractivity contribution >= 4 is 5.97 Å². The first-order chi connectivity index (χ1) is 8.72. The van der Waals surface area contributed by atoms with Crippen molar-refractivity contribution in [2.45, 2.75) is 12.3 Å². The average Bonchev–Trinajstić information content (AvgIpc) is 2.89. The molecule has 0 aliphatic rings. The Morgan fingerprint density at radius 2 is 2.28 bits per heavy atom. The van der Waals surface area contributed by atoms with Crippen LogP contribution in [-0.4, -0.2) is 38.8 Å². The molecular formula is C11H12N4O3. The number of para-hydroxylation sites is 1. The van der Waals surface area contributed by atoms with Crippen LogP contribution >= 0.6 is 0 Å². The average molecular weight is 248 g/mol. The van der Waals surface area contributed by atoms with E-state index in [0.717, 1.165) is 5.56 Å². The van der Waals surface area contributed by atoms with Crippen molar-refractivity contribution < 1.29 is 14.6 Å². The molecule has 94 valence electrons. The Balaban J connectivity index is 2.27. The minimum atomic E-state index is -0.998. The number of carboxylic acids is 1. The third-order valence-corrected chi connectivity index (χ3v) is 2.59.